The van der Waals surface area contributed by atoms with Crippen molar-refractivity contribution in [3.8, 4) is 6.07 Å². The molecule has 0 atom stereocenters. The Morgan fingerprint density at radius 3 is 2.41 bits per heavy atom. The molecule has 0 aliphatic rings. The number of nitro groups is 1. The first kappa shape index (κ1) is 17.0. The summed E-state index contributed by atoms with van der Waals surface area (Å²) >= 11 is 5.52. The summed E-state index contributed by atoms with van der Waals surface area (Å²) < 4.78 is 0. The van der Waals surface area contributed by atoms with Gasteiger partial charge in [-0.15, -0.1) is 0 Å². The summed E-state index contributed by atoms with van der Waals surface area (Å²) in [5, 5.41) is 19.0. The van der Waals surface area contributed by atoms with Gasteiger partial charge in [0.1, 0.15) is 6.29 Å². The number of nitro benzene ring substituents is 1. The van der Waals surface area contributed by atoms with Gasteiger partial charge in [0, 0.05) is 16.7 Å². The molecule has 0 aromatic heterocycles. The Labute approximate surface area is 130 Å². The van der Waals surface area contributed by atoms with Crippen LogP contribution in [0, 0.1) is 21.4 Å². The molecule has 6 nitrogen and oxygen atoms in total. The Bertz CT molecular complexity index is 753. The highest BCUT2D eigenvalue weighted by Gasteiger charge is 2.12. The van der Waals surface area contributed by atoms with E-state index in [0.717, 1.165) is 6.29 Å². The van der Waals surface area contributed by atoms with Crippen molar-refractivity contribution >= 4 is 29.9 Å². The molecule has 0 amide bonds. The van der Waals surface area contributed by atoms with Crippen molar-refractivity contribution in [3.05, 3.63) is 74.3 Å². The summed E-state index contributed by atoms with van der Waals surface area (Å²) in [5.74, 6) is 0. The van der Waals surface area contributed by atoms with Gasteiger partial charge in [-0.05, 0) is 24.3 Å². The topological polar surface area (TPSA) is 101 Å². The van der Waals surface area contributed by atoms with Crippen molar-refractivity contribution in [2.24, 2.45) is 0 Å². The van der Waals surface area contributed by atoms with E-state index in [1.54, 1.807) is 24.3 Å². The fourth-order valence-corrected chi connectivity index (χ4v) is 1.65. The number of halogens is 1. The zero-order valence-electron chi connectivity index (χ0n) is 11.1. The summed E-state index contributed by atoms with van der Waals surface area (Å²) in [6, 6.07) is 12.3. The van der Waals surface area contributed by atoms with E-state index in [0.29, 0.717) is 22.4 Å². The van der Waals surface area contributed by atoms with Crippen LogP contribution in [-0.4, -0.2) is 17.5 Å². The van der Waals surface area contributed by atoms with Crippen LogP contribution in [0.2, 0.25) is 5.02 Å². The molecule has 0 N–H and O–H groups in total. The Balaban J connectivity index is 0.000000224. The highest BCUT2D eigenvalue weighted by Crippen LogP contribution is 2.20. The van der Waals surface area contributed by atoms with Crippen molar-refractivity contribution < 1.29 is 14.5 Å². The first-order valence-corrected chi connectivity index (χ1v) is 6.24. The van der Waals surface area contributed by atoms with Crippen LogP contribution in [0.1, 0.15) is 26.3 Å². The number of hydrogen-bond acceptors (Lipinski definition) is 5. The third-order valence-corrected chi connectivity index (χ3v) is 2.70. The number of nitrogens with zero attached hydrogens (tertiary/aromatic N) is 2. The standard InChI is InChI=1S/C8H5NO.C7H4ClNO3/c9-5-7-2-1-3-8(4-7)6-10;8-6-1-2-7(9(11)12)5(3-6)4-10/h1-4,6H;1-4H. The van der Waals surface area contributed by atoms with Crippen molar-refractivity contribution in [1.82, 2.24) is 0 Å². The van der Waals surface area contributed by atoms with E-state index in [1.807, 2.05) is 6.07 Å². The van der Waals surface area contributed by atoms with Gasteiger partial charge < -0.3 is 0 Å². The van der Waals surface area contributed by atoms with Crippen LogP contribution in [-0.2, 0) is 0 Å². The molecule has 0 bridgehead atoms. The van der Waals surface area contributed by atoms with E-state index < -0.39 is 4.92 Å². The van der Waals surface area contributed by atoms with Gasteiger partial charge in [0.25, 0.3) is 5.69 Å². The Morgan fingerprint density at radius 1 is 1.14 bits per heavy atom. The summed E-state index contributed by atoms with van der Waals surface area (Å²) in [5.41, 5.74) is 0.825. The predicted molar refractivity (Wildman–Crippen MR) is 80.0 cm³/mol. The molecular weight excluding hydrogens is 308 g/mol. The van der Waals surface area contributed by atoms with Gasteiger partial charge >= 0.3 is 0 Å². The molecule has 110 valence electrons. The van der Waals surface area contributed by atoms with Crippen molar-refractivity contribution in [3.63, 3.8) is 0 Å². The lowest BCUT2D eigenvalue weighted by atomic mass is 10.2. The van der Waals surface area contributed by atoms with E-state index in [1.165, 1.54) is 18.2 Å². The highest BCUT2D eigenvalue weighted by molar-refractivity contribution is 6.30. The van der Waals surface area contributed by atoms with Crippen LogP contribution in [0.25, 0.3) is 0 Å². The third kappa shape index (κ3) is 4.81. The maximum Gasteiger partial charge on any atom is 0.279 e. The number of carbonyl (C=O) groups excluding carboxylic acids is 2. The molecule has 0 radical (unpaired) electrons. The summed E-state index contributed by atoms with van der Waals surface area (Å²) in [4.78, 5) is 30.2. The number of benzene rings is 2. The van der Waals surface area contributed by atoms with Crippen molar-refractivity contribution in [2.45, 2.75) is 0 Å². The molecule has 2 aromatic rings. The van der Waals surface area contributed by atoms with Crippen LogP contribution in [0.15, 0.2) is 42.5 Å². The monoisotopic (exact) mass is 316 g/mol. The fraction of sp³-hybridized carbons (Fsp3) is 0. The molecule has 0 saturated carbocycles. The molecule has 0 heterocycles. The van der Waals surface area contributed by atoms with E-state index in [-0.39, 0.29) is 11.3 Å². The molecule has 0 unspecified atom stereocenters. The zero-order chi connectivity index (χ0) is 16.5. The SMILES string of the molecule is N#Cc1cccc(C=O)c1.O=Cc1cc(Cl)ccc1[N+](=O)[O-]. The maximum atomic E-state index is 10.3. The summed E-state index contributed by atoms with van der Waals surface area (Å²) in [6.07, 6.45) is 1.13. The van der Waals surface area contributed by atoms with Gasteiger partial charge in [-0.1, -0.05) is 23.7 Å². The fourth-order valence-electron chi connectivity index (χ4n) is 1.47. The highest BCUT2D eigenvalue weighted by atomic mass is 35.5. The van der Waals surface area contributed by atoms with Crippen LogP contribution in [0.3, 0.4) is 0 Å². The summed E-state index contributed by atoms with van der Waals surface area (Å²) in [6.45, 7) is 0. The number of hydrogen-bond donors (Lipinski definition) is 0. The van der Waals surface area contributed by atoms with E-state index in [9.17, 15) is 19.7 Å². The second-order valence-corrected chi connectivity index (χ2v) is 4.37. The van der Waals surface area contributed by atoms with Gasteiger partial charge in [0.15, 0.2) is 6.29 Å². The lowest BCUT2D eigenvalue weighted by molar-refractivity contribution is -0.385. The lowest BCUT2D eigenvalue weighted by Gasteiger charge is -1.94. The van der Waals surface area contributed by atoms with Crippen LogP contribution in [0.4, 0.5) is 5.69 Å². The molecule has 7 heteroatoms. The molecule has 0 aliphatic heterocycles. The minimum atomic E-state index is -0.625. The first-order chi connectivity index (χ1) is 10.5. The van der Waals surface area contributed by atoms with Crippen LogP contribution >= 0.6 is 11.6 Å². The molecule has 2 aromatic carbocycles. The average molecular weight is 317 g/mol. The Morgan fingerprint density at radius 2 is 1.86 bits per heavy atom. The van der Waals surface area contributed by atoms with Gasteiger partial charge in [-0.3, -0.25) is 19.7 Å². The average Bonchev–Trinajstić information content (AvgIpc) is 2.54. The lowest BCUT2D eigenvalue weighted by Crippen LogP contribution is -1.93. The van der Waals surface area contributed by atoms with E-state index in [4.69, 9.17) is 16.9 Å². The predicted octanol–water partition coefficient (Wildman–Crippen LogP) is 3.43. The number of carbonyl (C=O) groups is 2. The second-order valence-electron chi connectivity index (χ2n) is 3.93. The molecule has 0 spiro atoms. The van der Waals surface area contributed by atoms with Gasteiger partial charge in [0.05, 0.1) is 22.1 Å². The first-order valence-electron chi connectivity index (χ1n) is 5.86. The van der Waals surface area contributed by atoms with Crippen LogP contribution < -0.4 is 0 Å². The Kier molecular flexibility index (Phi) is 6.41. The number of rotatable bonds is 3. The maximum absolute atomic E-state index is 10.3. The smallest absolute Gasteiger partial charge is 0.279 e. The quantitative estimate of drug-likeness (QED) is 0.490. The number of nitriles is 1. The molecular formula is C15H9ClN2O4. The second kappa shape index (κ2) is 8.29. The minimum absolute atomic E-state index is 0.00694. The summed E-state index contributed by atoms with van der Waals surface area (Å²) in [7, 11) is 0. The van der Waals surface area contributed by atoms with Crippen molar-refractivity contribution in [2.75, 3.05) is 0 Å². The molecule has 2 rings (SSSR count). The van der Waals surface area contributed by atoms with Gasteiger partial charge in [0.2, 0.25) is 0 Å². The molecule has 22 heavy (non-hydrogen) atoms. The molecule has 0 fully saturated rings. The van der Waals surface area contributed by atoms with E-state index in [2.05, 4.69) is 0 Å². The zero-order valence-corrected chi connectivity index (χ0v) is 11.9. The largest absolute Gasteiger partial charge is 0.298 e. The minimum Gasteiger partial charge on any atom is -0.298 e. The third-order valence-electron chi connectivity index (χ3n) is 2.47. The normalized spacial score (nSPS) is 8.91. The van der Waals surface area contributed by atoms with Crippen molar-refractivity contribution in [1.29, 1.82) is 5.26 Å². The number of aldehydes is 2. The van der Waals surface area contributed by atoms with Gasteiger partial charge in [-0.25, -0.2) is 0 Å². The Hall–Kier alpha value is -3.04. The van der Waals surface area contributed by atoms with Gasteiger partial charge in [-0.2, -0.15) is 5.26 Å². The van der Waals surface area contributed by atoms with Crippen LogP contribution in [0.5, 0.6) is 0 Å². The van der Waals surface area contributed by atoms with E-state index >= 15 is 0 Å². The molecule has 0 saturated heterocycles. The molecule has 0 aliphatic carbocycles.